The number of nitrogens with zero attached hydrogens (tertiary/aromatic N) is 3. The molecule has 0 radical (unpaired) electrons. The van der Waals surface area contributed by atoms with Gasteiger partial charge in [0.05, 0.1) is 12.0 Å². The predicted octanol–water partition coefficient (Wildman–Crippen LogP) is 5.15. The fraction of sp³-hybridized carbons (Fsp3) is 0.409. The van der Waals surface area contributed by atoms with Gasteiger partial charge in [-0.25, -0.2) is 19.2 Å². The summed E-state index contributed by atoms with van der Waals surface area (Å²) in [6, 6.07) is 6.75. The molecule has 1 aliphatic rings. The van der Waals surface area contributed by atoms with Gasteiger partial charge >= 0.3 is 6.09 Å². The van der Waals surface area contributed by atoms with Gasteiger partial charge in [0.15, 0.2) is 0 Å². The molecular weight excluding hydrogens is 403 g/mol. The molecule has 0 spiro atoms. The second-order valence-corrected chi connectivity index (χ2v) is 8.65. The summed E-state index contributed by atoms with van der Waals surface area (Å²) in [6.45, 7) is 7.45. The lowest BCUT2D eigenvalue weighted by Crippen LogP contribution is -2.42. The van der Waals surface area contributed by atoms with E-state index in [0.717, 1.165) is 44.9 Å². The largest absolute Gasteiger partial charge is 0.450 e. The second kappa shape index (κ2) is 8.55. The predicted molar refractivity (Wildman–Crippen MR) is 118 cm³/mol. The Balaban J connectivity index is 1.63. The molecule has 3 aromatic rings. The normalized spacial score (nSPS) is 14.9. The van der Waals surface area contributed by atoms with Crippen LogP contribution < -0.4 is 5.32 Å². The molecule has 1 N–H and O–H groups in total. The second-order valence-electron chi connectivity index (χ2n) is 7.44. The van der Waals surface area contributed by atoms with Gasteiger partial charge in [0.1, 0.15) is 22.3 Å². The number of rotatable bonds is 4. The molecule has 0 saturated carbocycles. The van der Waals surface area contributed by atoms with Gasteiger partial charge in [0, 0.05) is 29.6 Å². The molecule has 1 fully saturated rings. The molecule has 6 nitrogen and oxygen atoms in total. The summed E-state index contributed by atoms with van der Waals surface area (Å²) >= 11 is 1.62. The number of anilines is 1. The number of aromatic nitrogens is 2. The summed E-state index contributed by atoms with van der Waals surface area (Å²) in [5.74, 6) is 1.26. The monoisotopic (exact) mass is 428 g/mol. The fourth-order valence-electron chi connectivity index (χ4n) is 3.90. The van der Waals surface area contributed by atoms with Crippen LogP contribution in [-0.4, -0.2) is 46.7 Å². The lowest BCUT2D eigenvalue weighted by Gasteiger charge is -2.32. The Kier molecular flexibility index (Phi) is 5.85. The number of amides is 1. The van der Waals surface area contributed by atoms with E-state index in [4.69, 9.17) is 9.72 Å². The molecule has 8 heteroatoms. The maximum atomic E-state index is 13.4. The van der Waals surface area contributed by atoms with Crippen molar-refractivity contribution in [3.05, 3.63) is 40.8 Å². The first-order valence-electron chi connectivity index (χ1n) is 10.2. The van der Waals surface area contributed by atoms with Crippen molar-refractivity contribution in [1.29, 1.82) is 0 Å². The number of ether oxygens (including phenoxy) is 1. The number of aryl methyl sites for hydroxylation is 2. The molecule has 1 aromatic carbocycles. The quantitative estimate of drug-likeness (QED) is 0.623. The van der Waals surface area contributed by atoms with Crippen LogP contribution >= 0.6 is 11.3 Å². The molecule has 0 aliphatic carbocycles. The average Bonchev–Trinajstić information content (AvgIpc) is 3.05. The third-order valence-electron chi connectivity index (χ3n) is 5.33. The molecule has 3 heterocycles. The molecule has 4 rings (SSSR count). The van der Waals surface area contributed by atoms with Crippen LogP contribution in [0.15, 0.2) is 24.3 Å². The van der Waals surface area contributed by atoms with Gasteiger partial charge in [-0.3, -0.25) is 0 Å². The summed E-state index contributed by atoms with van der Waals surface area (Å²) in [6.07, 6.45) is 1.39. The van der Waals surface area contributed by atoms with Crippen molar-refractivity contribution in [2.45, 2.75) is 39.7 Å². The number of hydrogen-bond donors (Lipinski definition) is 1. The first-order valence-corrected chi connectivity index (χ1v) is 11.0. The SMILES string of the molecule is CCOC(=O)N1CCC(Nc2nc(C)nc3sc(C)c(-c4ccc(F)cc4)c23)CC1. The summed E-state index contributed by atoms with van der Waals surface area (Å²) in [4.78, 5) is 25.1. The number of thiophene rings is 1. The maximum absolute atomic E-state index is 13.4. The van der Waals surface area contributed by atoms with Crippen LogP contribution in [0.4, 0.5) is 15.0 Å². The van der Waals surface area contributed by atoms with Crippen molar-refractivity contribution in [3.63, 3.8) is 0 Å². The van der Waals surface area contributed by atoms with Crippen LogP contribution in [0.5, 0.6) is 0 Å². The smallest absolute Gasteiger partial charge is 0.409 e. The summed E-state index contributed by atoms with van der Waals surface area (Å²) in [5.41, 5.74) is 1.99. The number of hydrogen-bond acceptors (Lipinski definition) is 6. The number of carbonyl (C=O) groups excluding carboxylic acids is 1. The van der Waals surface area contributed by atoms with E-state index in [9.17, 15) is 9.18 Å². The highest BCUT2D eigenvalue weighted by Crippen LogP contribution is 2.41. The molecule has 1 saturated heterocycles. The van der Waals surface area contributed by atoms with Gasteiger partial charge in [0.2, 0.25) is 0 Å². The fourth-order valence-corrected chi connectivity index (χ4v) is 4.99. The summed E-state index contributed by atoms with van der Waals surface area (Å²) in [5, 5.41) is 4.57. The Morgan fingerprint density at radius 3 is 2.60 bits per heavy atom. The van der Waals surface area contributed by atoms with E-state index in [0.29, 0.717) is 25.5 Å². The molecule has 0 atom stereocenters. The zero-order valence-corrected chi connectivity index (χ0v) is 18.2. The van der Waals surface area contributed by atoms with Crippen molar-refractivity contribution in [2.24, 2.45) is 0 Å². The minimum Gasteiger partial charge on any atom is -0.450 e. The minimum atomic E-state index is -0.255. The lowest BCUT2D eigenvalue weighted by atomic mass is 10.0. The van der Waals surface area contributed by atoms with Crippen molar-refractivity contribution in [1.82, 2.24) is 14.9 Å². The van der Waals surface area contributed by atoms with Crippen molar-refractivity contribution in [3.8, 4) is 11.1 Å². The summed E-state index contributed by atoms with van der Waals surface area (Å²) < 4.78 is 18.6. The van der Waals surface area contributed by atoms with Gasteiger partial charge in [-0.1, -0.05) is 12.1 Å². The highest BCUT2D eigenvalue weighted by molar-refractivity contribution is 7.19. The number of carbonyl (C=O) groups is 1. The van der Waals surface area contributed by atoms with Gasteiger partial charge in [-0.05, 0) is 51.3 Å². The van der Waals surface area contributed by atoms with Gasteiger partial charge < -0.3 is 15.0 Å². The highest BCUT2D eigenvalue weighted by atomic mass is 32.1. The minimum absolute atomic E-state index is 0.203. The van der Waals surface area contributed by atoms with Crippen molar-refractivity contribution < 1.29 is 13.9 Å². The Bertz CT molecular complexity index is 1060. The van der Waals surface area contributed by atoms with Gasteiger partial charge in [-0.15, -0.1) is 11.3 Å². The van der Waals surface area contributed by atoms with E-state index in [2.05, 4.69) is 17.2 Å². The van der Waals surface area contributed by atoms with Crippen molar-refractivity contribution in [2.75, 3.05) is 25.0 Å². The number of halogens is 1. The maximum Gasteiger partial charge on any atom is 0.409 e. The van der Waals surface area contributed by atoms with Gasteiger partial charge in [0.25, 0.3) is 0 Å². The highest BCUT2D eigenvalue weighted by Gasteiger charge is 2.25. The Hall–Kier alpha value is -2.74. The Labute approximate surface area is 179 Å². The number of piperidine rings is 1. The molecule has 0 bridgehead atoms. The molecular formula is C22H25FN4O2S. The number of benzene rings is 1. The van der Waals surface area contributed by atoms with Crippen LogP contribution in [0, 0.1) is 19.7 Å². The first kappa shape index (κ1) is 20.5. The third-order valence-corrected chi connectivity index (χ3v) is 6.33. The standard InChI is InChI=1S/C22H25FN4O2S/c1-4-29-22(28)27-11-9-17(10-12-27)26-20-19-18(15-5-7-16(23)8-6-15)13(2)30-21(19)25-14(3)24-20/h5-8,17H,4,9-12H2,1-3H3,(H,24,25,26). The number of fused-ring (bicyclic) bond motifs is 1. The van der Waals surface area contributed by atoms with Crippen molar-refractivity contribution >= 4 is 33.5 Å². The van der Waals surface area contributed by atoms with Crippen LogP contribution in [0.2, 0.25) is 0 Å². The Morgan fingerprint density at radius 2 is 1.93 bits per heavy atom. The van der Waals surface area contributed by atoms with E-state index in [1.165, 1.54) is 12.1 Å². The molecule has 1 aliphatic heterocycles. The summed E-state index contributed by atoms with van der Waals surface area (Å²) in [7, 11) is 0. The Morgan fingerprint density at radius 1 is 1.23 bits per heavy atom. The molecule has 30 heavy (non-hydrogen) atoms. The van der Waals surface area contributed by atoms with Gasteiger partial charge in [-0.2, -0.15) is 0 Å². The zero-order chi connectivity index (χ0) is 21.3. The third kappa shape index (κ3) is 4.09. The lowest BCUT2D eigenvalue weighted by molar-refractivity contribution is 0.0983. The van der Waals surface area contributed by atoms with E-state index in [1.54, 1.807) is 28.4 Å². The van der Waals surface area contributed by atoms with Crippen LogP contribution in [0.1, 0.15) is 30.5 Å². The molecule has 0 unspecified atom stereocenters. The van der Waals surface area contributed by atoms with E-state index in [-0.39, 0.29) is 18.0 Å². The number of nitrogens with one attached hydrogen (secondary N) is 1. The molecule has 1 amide bonds. The van der Waals surface area contributed by atoms with E-state index < -0.39 is 0 Å². The number of likely N-dealkylation sites (tertiary alicyclic amines) is 1. The molecule has 2 aromatic heterocycles. The van der Waals surface area contributed by atoms with Crippen LogP contribution in [0.25, 0.3) is 21.3 Å². The molecule has 158 valence electrons. The van der Waals surface area contributed by atoms with Crippen LogP contribution in [0.3, 0.4) is 0 Å². The zero-order valence-electron chi connectivity index (χ0n) is 17.4. The first-order chi connectivity index (χ1) is 14.5. The van der Waals surface area contributed by atoms with E-state index >= 15 is 0 Å². The average molecular weight is 429 g/mol. The topological polar surface area (TPSA) is 67.3 Å². The van der Waals surface area contributed by atoms with Crippen LogP contribution in [-0.2, 0) is 4.74 Å². The van der Waals surface area contributed by atoms with E-state index in [1.807, 2.05) is 13.8 Å².